The SMILES string of the molecule is CNC(=O)C(=O)NC[C@H](O)c1cn(C)c2ccccc12. The number of aryl methyl sites for hydroxylation is 1. The van der Waals surface area contributed by atoms with E-state index in [0.717, 1.165) is 16.5 Å². The molecule has 1 aromatic heterocycles. The van der Waals surface area contributed by atoms with Gasteiger partial charge < -0.3 is 20.3 Å². The molecular weight excluding hydrogens is 258 g/mol. The van der Waals surface area contributed by atoms with Gasteiger partial charge in [-0.15, -0.1) is 0 Å². The second-order valence-electron chi connectivity index (χ2n) is 4.52. The van der Waals surface area contributed by atoms with Crippen LogP contribution in [0.2, 0.25) is 0 Å². The van der Waals surface area contributed by atoms with Gasteiger partial charge in [0.1, 0.15) is 0 Å². The molecule has 0 spiro atoms. The third kappa shape index (κ3) is 2.65. The Hall–Kier alpha value is -2.34. The van der Waals surface area contributed by atoms with Gasteiger partial charge in [0.15, 0.2) is 0 Å². The number of amides is 2. The molecule has 2 rings (SSSR count). The average Bonchev–Trinajstić information content (AvgIpc) is 2.81. The largest absolute Gasteiger partial charge is 0.386 e. The van der Waals surface area contributed by atoms with Crippen molar-refractivity contribution in [1.82, 2.24) is 15.2 Å². The van der Waals surface area contributed by atoms with Crippen molar-refractivity contribution >= 4 is 22.7 Å². The molecule has 6 heteroatoms. The fraction of sp³-hybridized carbons (Fsp3) is 0.286. The lowest BCUT2D eigenvalue weighted by Gasteiger charge is -2.10. The summed E-state index contributed by atoms with van der Waals surface area (Å²) in [5.41, 5.74) is 1.72. The van der Waals surface area contributed by atoms with Crippen molar-refractivity contribution in [3.05, 3.63) is 36.0 Å². The molecule has 0 aliphatic rings. The fourth-order valence-corrected chi connectivity index (χ4v) is 2.13. The van der Waals surface area contributed by atoms with Gasteiger partial charge in [-0.05, 0) is 6.07 Å². The van der Waals surface area contributed by atoms with Crippen LogP contribution in [0.5, 0.6) is 0 Å². The minimum absolute atomic E-state index is 0.0136. The summed E-state index contributed by atoms with van der Waals surface area (Å²) in [6, 6.07) is 7.68. The molecule has 0 bridgehead atoms. The van der Waals surface area contributed by atoms with Crippen LogP contribution in [0.25, 0.3) is 10.9 Å². The second kappa shape index (κ2) is 5.75. The maximum absolute atomic E-state index is 11.3. The van der Waals surface area contributed by atoms with E-state index >= 15 is 0 Å². The molecule has 0 saturated carbocycles. The highest BCUT2D eigenvalue weighted by Crippen LogP contribution is 2.25. The van der Waals surface area contributed by atoms with Crippen LogP contribution in [-0.2, 0) is 16.6 Å². The zero-order valence-corrected chi connectivity index (χ0v) is 11.4. The van der Waals surface area contributed by atoms with Gasteiger partial charge >= 0.3 is 11.8 Å². The van der Waals surface area contributed by atoms with E-state index in [-0.39, 0.29) is 6.54 Å². The lowest BCUT2D eigenvalue weighted by atomic mass is 10.1. The summed E-state index contributed by atoms with van der Waals surface area (Å²) in [4.78, 5) is 22.4. The molecular formula is C14H17N3O3. The number of rotatable bonds is 3. The predicted octanol–water partition coefficient (Wildman–Crippen LogP) is 0.0739. The molecule has 0 radical (unpaired) electrons. The Morgan fingerprint density at radius 3 is 2.70 bits per heavy atom. The van der Waals surface area contributed by atoms with Gasteiger partial charge in [0.25, 0.3) is 0 Å². The fourth-order valence-electron chi connectivity index (χ4n) is 2.13. The highest BCUT2D eigenvalue weighted by molar-refractivity contribution is 6.35. The highest BCUT2D eigenvalue weighted by atomic mass is 16.3. The average molecular weight is 275 g/mol. The van der Waals surface area contributed by atoms with E-state index in [1.54, 1.807) is 0 Å². The molecule has 3 N–H and O–H groups in total. The highest BCUT2D eigenvalue weighted by Gasteiger charge is 2.17. The Balaban J connectivity index is 2.14. The number of hydrogen-bond donors (Lipinski definition) is 3. The van der Waals surface area contributed by atoms with E-state index in [0.29, 0.717) is 0 Å². The zero-order chi connectivity index (χ0) is 14.7. The number of nitrogens with zero attached hydrogens (tertiary/aromatic N) is 1. The van der Waals surface area contributed by atoms with Gasteiger partial charge in [-0.25, -0.2) is 0 Å². The number of aromatic nitrogens is 1. The van der Waals surface area contributed by atoms with E-state index in [9.17, 15) is 14.7 Å². The van der Waals surface area contributed by atoms with Crippen molar-refractivity contribution in [3.8, 4) is 0 Å². The molecule has 1 atom stereocenters. The minimum atomic E-state index is -0.866. The molecule has 0 fully saturated rings. The Morgan fingerprint density at radius 1 is 1.30 bits per heavy atom. The molecule has 0 aliphatic carbocycles. The standard InChI is InChI=1S/C14H17N3O3/c1-15-13(19)14(20)16-7-12(18)10-8-17(2)11-6-4-3-5-9(10)11/h3-6,8,12,18H,7H2,1-2H3,(H,15,19)(H,16,20)/t12-/m0/s1. The van der Waals surface area contributed by atoms with Crippen LogP contribution in [0.15, 0.2) is 30.5 Å². The number of carbonyl (C=O) groups is 2. The first kappa shape index (κ1) is 14.1. The molecule has 20 heavy (non-hydrogen) atoms. The van der Waals surface area contributed by atoms with Crippen molar-refractivity contribution in [3.63, 3.8) is 0 Å². The number of likely N-dealkylation sites (N-methyl/N-ethyl adjacent to an activating group) is 1. The van der Waals surface area contributed by atoms with Crippen molar-refractivity contribution in [2.24, 2.45) is 7.05 Å². The van der Waals surface area contributed by atoms with Gasteiger partial charge in [-0.2, -0.15) is 0 Å². The maximum Gasteiger partial charge on any atom is 0.309 e. The van der Waals surface area contributed by atoms with Gasteiger partial charge in [-0.3, -0.25) is 9.59 Å². The Labute approximate surface area is 116 Å². The number of aliphatic hydroxyl groups is 1. The van der Waals surface area contributed by atoms with Crippen LogP contribution in [-0.4, -0.2) is 35.1 Å². The zero-order valence-electron chi connectivity index (χ0n) is 11.4. The van der Waals surface area contributed by atoms with E-state index < -0.39 is 17.9 Å². The number of aliphatic hydroxyl groups excluding tert-OH is 1. The summed E-state index contributed by atoms with van der Waals surface area (Å²) in [6.07, 6.45) is 0.955. The van der Waals surface area contributed by atoms with Crippen LogP contribution in [0.4, 0.5) is 0 Å². The molecule has 2 amide bonds. The van der Waals surface area contributed by atoms with Gasteiger partial charge in [-0.1, -0.05) is 18.2 Å². The summed E-state index contributed by atoms with van der Waals surface area (Å²) in [5.74, 6) is -1.48. The number of nitrogens with one attached hydrogen (secondary N) is 2. The lowest BCUT2D eigenvalue weighted by molar-refractivity contribution is -0.139. The number of hydrogen-bond acceptors (Lipinski definition) is 3. The predicted molar refractivity (Wildman–Crippen MR) is 75.0 cm³/mol. The summed E-state index contributed by atoms with van der Waals surface area (Å²) < 4.78 is 1.91. The minimum Gasteiger partial charge on any atom is -0.386 e. The van der Waals surface area contributed by atoms with Gasteiger partial charge in [0, 0.05) is 43.3 Å². The summed E-state index contributed by atoms with van der Waals surface area (Å²) in [5, 5.41) is 15.7. The maximum atomic E-state index is 11.3. The topological polar surface area (TPSA) is 83.4 Å². The first-order valence-electron chi connectivity index (χ1n) is 6.26. The Kier molecular flexibility index (Phi) is 4.05. The molecule has 0 saturated heterocycles. The van der Waals surface area contributed by atoms with E-state index in [1.807, 2.05) is 42.1 Å². The van der Waals surface area contributed by atoms with E-state index in [4.69, 9.17) is 0 Å². The van der Waals surface area contributed by atoms with Crippen molar-refractivity contribution in [2.75, 3.05) is 13.6 Å². The van der Waals surface area contributed by atoms with E-state index in [1.165, 1.54) is 7.05 Å². The van der Waals surface area contributed by atoms with Crippen LogP contribution < -0.4 is 10.6 Å². The molecule has 106 valence electrons. The quantitative estimate of drug-likeness (QED) is 0.693. The smallest absolute Gasteiger partial charge is 0.309 e. The Morgan fingerprint density at radius 2 is 2.00 bits per heavy atom. The Bertz CT molecular complexity index is 648. The number of fused-ring (bicyclic) bond motifs is 1. The van der Waals surface area contributed by atoms with Crippen molar-refractivity contribution < 1.29 is 14.7 Å². The molecule has 1 aromatic carbocycles. The normalized spacial score (nSPS) is 12.2. The molecule has 1 heterocycles. The monoisotopic (exact) mass is 275 g/mol. The van der Waals surface area contributed by atoms with Gasteiger partial charge in [0.05, 0.1) is 6.10 Å². The number of benzene rings is 1. The first-order chi connectivity index (χ1) is 9.54. The van der Waals surface area contributed by atoms with Crippen LogP contribution in [0.1, 0.15) is 11.7 Å². The summed E-state index contributed by atoms with van der Waals surface area (Å²) in [7, 11) is 3.27. The molecule has 0 unspecified atom stereocenters. The van der Waals surface area contributed by atoms with Crippen molar-refractivity contribution in [1.29, 1.82) is 0 Å². The summed E-state index contributed by atoms with van der Waals surface area (Å²) in [6.45, 7) is -0.0136. The summed E-state index contributed by atoms with van der Waals surface area (Å²) >= 11 is 0. The third-order valence-electron chi connectivity index (χ3n) is 3.18. The third-order valence-corrected chi connectivity index (χ3v) is 3.18. The van der Waals surface area contributed by atoms with Crippen LogP contribution >= 0.6 is 0 Å². The second-order valence-corrected chi connectivity index (χ2v) is 4.52. The molecule has 6 nitrogen and oxygen atoms in total. The molecule has 2 aromatic rings. The van der Waals surface area contributed by atoms with Crippen LogP contribution in [0, 0.1) is 0 Å². The van der Waals surface area contributed by atoms with Crippen molar-refractivity contribution in [2.45, 2.75) is 6.10 Å². The number of carbonyl (C=O) groups excluding carboxylic acids is 2. The lowest BCUT2D eigenvalue weighted by Crippen LogP contribution is -2.39. The van der Waals surface area contributed by atoms with E-state index in [2.05, 4.69) is 10.6 Å². The first-order valence-corrected chi connectivity index (χ1v) is 6.26. The molecule has 0 aliphatic heterocycles. The number of para-hydroxylation sites is 1. The van der Waals surface area contributed by atoms with Gasteiger partial charge in [0.2, 0.25) is 0 Å². The van der Waals surface area contributed by atoms with Crippen LogP contribution in [0.3, 0.4) is 0 Å².